The molecule has 2 aromatic rings. The fourth-order valence-corrected chi connectivity index (χ4v) is 5.25. The third-order valence-corrected chi connectivity index (χ3v) is 7.50. The molecule has 27 heavy (non-hydrogen) atoms. The summed E-state index contributed by atoms with van der Waals surface area (Å²) in [5.41, 5.74) is -0.794. The Labute approximate surface area is 164 Å². The van der Waals surface area contributed by atoms with Crippen LogP contribution in [-0.4, -0.2) is 24.7 Å². The van der Waals surface area contributed by atoms with E-state index in [9.17, 15) is 21.6 Å². The zero-order chi connectivity index (χ0) is 19.7. The molecule has 0 unspecified atom stereocenters. The molecule has 0 aliphatic heterocycles. The van der Waals surface area contributed by atoms with Crippen molar-refractivity contribution in [1.29, 1.82) is 0 Å². The van der Waals surface area contributed by atoms with Crippen LogP contribution in [0.1, 0.15) is 31.2 Å². The van der Waals surface area contributed by atoms with Crippen LogP contribution in [0.3, 0.4) is 0 Å². The molecule has 0 spiro atoms. The van der Waals surface area contributed by atoms with Crippen molar-refractivity contribution in [2.45, 2.75) is 48.0 Å². The zero-order valence-corrected chi connectivity index (χ0v) is 16.6. The van der Waals surface area contributed by atoms with Crippen LogP contribution in [0.25, 0.3) is 0 Å². The second-order valence-corrected chi connectivity index (χ2v) is 9.69. The van der Waals surface area contributed by atoms with Gasteiger partial charge >= 0.3 is 6.18 Å². The molecule has 1 N–H and O–H groups in total. The number of halogens is 4. The van der Waals surface area contributed by atoms with E-state index in [1.54, 1.807) is 24.3 Å². The Bertz CT molecular complexity index is 876. The summed E-state index contributed by atoms with van der Waals surface area (Å²) in [6.45, 7) is 0. The average Bonchev–Trinajstić information content (AvgIpc) is 2.62. The van der Waals surface area contributed by atoms with Gasteiger partial charge in [0.2, 0.25) is 0 Å². The number of hydrogen-bond donors (Lipinski definition) is 1. The highest BCUT2D eigenvalue weighted by Crippen LogP contribution is 2.32. The van der Waals surface area contributed by atoms with Gasteiger partial charge < -0.3 is 5.32 Å². The number of pyridine rings is 1. The third-order valence-electron chi connectivity index (χ3n) is 4.70. The molecule has 1 saturated carbocycles. The summed E-state index contributed by atoms with van der Waals surface area (Å²) in [5.74, 6) is 0.363. The highest BCUT2D eigenvalue weighted by Gasteiger charge is 2.33. The van der Waals surface area contributed by atoms with Gasteiger partial charge in [-0.1, -0.05) is 15.9 Å². The molecular weight excluding hydrogens is 445 g/mol. The van der Waals surface area contributed by atoms with Crippen LogP contribution in [-0.2, 0) is 16.0 Å². The minimum Gasteiger partial charge on any atom is -0.367 e. The molecule has 1 aliphatic carbocycles. The molecule has 1 aromatic carbocycles. The van der Waals surface area contributed by atoms with Gasteiger partial charge in [0.15, 0.2) is 9.84 Å². The standard InChI is InChI=1S/C18H18BrF3N2O2S/c19-13-2-6-15(7-3-13)27(25,26)16-8-4-14(5-9-16)24-17-10-1-12(11-23-17)18(20,21)22/h1-3,6-7,10-11,14,16H,4-5,8-9H2,(H,23,24)/t14-,16-. The van der Waals surface area contributed by atoms with Gasteiger partial charge in [0.05, 0.1) is 15.7 Å². The summed E-state index contributed by atoms with van der Waals surface area (Å²) in [6.07, 6.45) is -1.39. The predicted octanol–water partition coefficient (Wildman–Crippen LogP) is 5.06. The van der Waals surface area contributed by atoms with Gasteiger partial charge in [0.1, 0.15) is 5.82 Å². The van der Waals surface area contributed by atoms with Crippen LogP contribution in [0, 0.1) is 0 Å². The molecule has 0 saturated heterocycles. The minimum absolute atomic E-state index is 0.00870. The first-order chi connectivity index (χ1) is 12.7. The number of sulfone groups is 1. The summed E-state index contributed by atoms with van der Waals surface area (Å²) in [4.78, 5) is 4.12. The SMILES string of the molecule is O=S(=O)(c1ccc(Br)cc1)[C@H]1CC[C@H](Nc2ccc(C(F)(F)F)cn2)CC1. The fourth-order valence-electron chi connectivity index (χ4n) is 3.19. The van der Waals surface area contributed by atoms with Crippen molar-refractivity contribution in [3.63, 3.8) is 0 Å². The quantitative estimate of drug-likeness (QED) is 0.689. The summed E-state index contributed by atoms with van der Waals surface area (Å²) in [5, 5.41) is 2.65. The zero-order valence-electron chi connectivity index (χ0n) is 14.2. The average molecular weight is 463 g/mol. The Morgan fingerprint density at radius 1 is 1.00 bits per heavy atom. The van der Waals surface area contributed by atoms with E-state index in [0.29, 0.717) is 36.4 Å². The van der Waals surface area contributed by atoms with Crippen LogP contribution >= 0.6 is 15.9 Å². The van der Waals surface area contributed by atoms with E-state index in [2.05, 4.69) is 26.2 Å². The van der Waals surface area contributed by atoms with Crippen molar-refractivity contribution in [2.24, 2.45) is 0 Å². The lowest BCUT2D eigenvalue weighted by Crippen LogP contribution is -2.33. The lowest BCUT2D eigenvalue weighted by molar-refractivity contribution is -0.137. The molecule has 0 atom stereocenters. The van der Waals surface area contributed by atoms with Crippen molar-refractivity contribution in [3.8, 4) is 0 Å². The van der Waals surface area contributed by atoms with E-state index in [0.717, 1.165) is 16.7 Å². The Hall–Kier alpha value is -1.61. The maximum atomic E-state index is 12.7. The van der Waals surface area contributed by atoms with E-state index in [4.69, 9.17) is 0 Å². The van der Waals surface area contributed by atoms with Gasteiger partial charge in [-0.15, -0.1) is 0 Å². The van der Waals surface area contributed by atoms with Crippen molar-refractivity contribution in [3.05, 3.63) is 52.6 Å². The molecule has 1 heterocycles. The predicted molar refractivity (Wildman–Crippen MR) is 100 cm³/mol. The number of anilines is 1. The maximum absolute atomic E-state index is 12.7. The van der Waals surface area contributed by atoms with E-state index < -0.39 is 26.8 Å². The molecule has 146 valence electrons. The summed E-state index contributed by atoms with van der Waals surface area (Å²) < 4.78 is 64.0. The second kappa shape index (κ2) is 7.79. The second-order valence-electron chi connectivity index (χ2n) is 6.55. The lowest BCUT2D eigenvalue weighted by Gasteiger charge is -2.29. The van der Waals surface area contributed by atoms with Crippen LogP contribution in [0.5, 0.6) is 0 Å². The monoisotopic (exact) mass is 462 g/mol. The van der Waals surface area contributed by atoms with Gasteiger partial charge in [-0.05, 0) is 62.1 Å². The molecule has 1 aromatic heterocycles. The number of benzene rings is 1. The topological polar surface area (TPSA) is 59.1 Å². The molecule has 9 heteroatoms. The Morgan fingerprint density at radius 3 is 2.15 bits per heavy atom. The van der Waals surface area contributed by atoms with Crippen LogP contribution in [0.4, 0.5) is 19.0 Å². The first-order valence-corrected chi connectivity index (χ1v) is 10.8. The molecule has 0 bridgehead atoms. The summed E-state index contributed by atoms with van der Waals surface area (Å²) in [7, 11) is -3.39. The molecule has 0 radical (unpaired) electrons. The first kappa shape index (κ1) is 20.1. The number of nitrogens with one attached hydrogen (secondary N) is 1. The van der Waals surface area contributed by atoms with Crippen molar-refractivity contribution < 1.29 is 21.6 Å². The van der Waals surface area contributed by atoms with Crippen LogP contribution < -0.4 is 5.32 Å². The van der Waals surface area contributed by atoms with Crippen LogP contribution in [0.2, 0.25) is 0 Å². The van der Waals surface area contributed by atoms with Gasteiger partial charge in [-0.25, -0.2) is 13.4 Å². The normalized spacial score (nSPS) is 21.0. The van der Waals surface area contributed by atoms with E-state index in [1.165, 1.54) is 6.07 Å². The molecule has 4 nitrogen and oxygen atoms in total. The van der Waals surface area contributed by atoms with Gasteiger partial charge in [-0.2, -0.15) is 13.2 Å². The molecule has 1 aliphatic rings. The summed E-state index contributed by atoms with van der Waals surface area (Å²) >= 11 is 3.29. The summed E-state index contributed by atoms with van der Waals surface area (Å²) in [6, 6.07) is 8.87. The Morgan fingerprint density at radius 2 is 1.63 bits per heavy atom. The number of rotatable bonds is 4. The van der Waals surface area contributed by atoms with E-state index in [1.807, 2.05) is 0 Å². The molecular formula is C18H18BrF3N2O2S. The van der Waals surface area contributed by atoms with Crippen molar-refractivity contribution in [1.82, 2.24) is 4.98 Å². The van der Waals surface area contributed by atoms with E-state index >= 15 is 0 Å². The van der Waals surface area contributed by atoms with Crippen molar-refractivity contribution in [2.75, 3.05) is 5.32 Å². The fraction of sp³-hybridized carbons (Fsp3) is 0.389. The van der Waals surface area contributed by atoms with E-state index in [-0.39, 0.29) is 6.04 Å². The molecule has 3 rings (SSSR count). The minimum atomic E-state index is -4.41. The maximum Gasteiger partial charge on any atom is 0.417 e. The Kier molecular flexibility index (Phi) is 5.81. The van der Waals surface area contributed by atoms with Crippen molar-refractivity contribution >= 4 is 31.6 Å². The molecule has 0 amide bonds. The first-order valence-electron chi connectivity index (χ1n) is 8.45. The highest BCUT2D eigenvalue weighted by molar-refractivity contribution is 9.10. The number of nitrogens with zero attached hydrogens (tertiary/aromatic N) is 1. The lowest BCUT2D eigenvalue weighted by atomic mass is 9.95. The van der Waals surface area contributed by atoms with Crippen LogP contribution in [0.15, 0.2) is 52.0 Å². The van der Waals surface area contributed by atoms with Gasteiger partial charge in [0, 0.05) is 16.7 Å². The third kappa shape index (κ3) is 4.82. The number of aromatic nitrogens is 1. The molecule has 1 fully saturated rings. The highest BCUT2D eigenvalue weighted by atomic mass is 79.9. The Balaban J connectivity index is 1.59. The largest absolute Gasteiger partial charge is 0.417 e. The number of alkyl halides is 3. The smallest absolute Gasteiger partial charge is 0.367 e. The van der Waals surface area contributed by atoms with Gasteiger partial charge in [-0.3, -0.25) is 0 Å². The van der Waals surface area contributed by atoms with Gasteiger partial charge in [0.25, 0.3) is 0 Å². The number of hydrogen-bond acceptors (Lipinski definition) is 4.